The van der Waals surface area contributed by atoms with Crippen molar-refractivity contribution in [2.75, 3.05) is 19.8 Å². The quantitative estimate of drug-likeness (QED) is 0.330. The van der Waals surface area contributed by atoms with Crippen molar-refractivity contribution in [3.63, 3.8) is 0 Å². The van der Waals surface area contributed by atoms with E-state index >= 15 is 0 Å². The SMILES string of the molecule is CCOCCCNC(=O)C(C#N)=Cc1cn(-c2ccccc2)nc1-c1cccs1. The van der Waals surface area contributed by atoms with Crippen LogP contribution < -0.4 is 5.32 Å². The van der Waals surface area contributed by atoms with Gasteiger partial charge in [-0.1, -0.05) is 24.3 Å². The number of thiophene rings is 1. The van der Waals surface area contributed by atoms with Crippen molar-refractivity contribution >= 4 is 23.3 Å². The van der Waals surface area contributed by atoms with Gasteiger partial charge in [-0.15, -0.1) is 11.3 Å². The Kier molecular flexibility index (Phi) is 7.34. The number of hydrogen-bond donors (Lipinski definition) is 1. The Morgan fingerprint density at radius 1 is 1.31 bits per heavy atom. The van der Waals surface area contributed by atoms with Crippen LogP contribution in [0.2, 0.25) is 0 Å². The van der Waals surface area contributed by atoms with E-state index in [-0.39, 0.29) is 5.57 Å². The lowest BCUT2D eigenvalue weighted by molar-refractivity contribution is -0.117. The summed E-state index contributed by atoms with van der Waals surface area (Å²) in [5.74, 6) is -0.395. The van der Waals surface area contributed by atoms with E-state index in [2.05, 4.69) is 5.32 Å². The number of rotatable bonds is 9. The first kappa shape index (κ1) is 20.5. The number of nitrogens with one attached hydrogen (secondary N) is 1. The van der Waals surface area contributed by atoms with E-state index in [4.69, 9.17) is 9.84 Å². The third-order valence-corrected chi connectivity index (χ3v) is 5.01. The average Bonchev–Trinajstić information content (AvgIpc) is 3.42. The molecule has 148 valence electrons. The number of hydrogen-bond acceptors (Lipinski definition) is 5. The van der Waals surface area contributed by atoms with Crippen LogP contribution >= 0.6 is 11.3 Å². The molecule has 2 aromatic heterocycles. The number of carbonyl (C=O) groups is 1. The Labute approximate surface area is 174 Å². The normalized spacial score (nSPS) is 11.2. The highest BCUT2D eigenvalue weighted by Gasteiger charge is 2.15. The van der Waals surface area contributed by atoms with Gasteiger partial charge in [0.1, 0.15) is 17.3 Å². The van der Waals surface area contributed by atoms with Gasteiger partial charge in [0.2, 0.25) is 0 Å². The molecule has 0 atom stereocenters. The summed E-state index contributed by atoms with van der Waals surface area (Å²) in [4.78, 5) is 13.4. The number of carbonyl (C=O) groups excluding carboxylic acids is 1. The molecule has 3 aromatic rings. The van der Waals surface area contributed by atoms with Gasteiger partial charge < -0.3 is 10.1 Å². The zero-order chi connectivity index (χ0) is 20.5. The van der Waals surface area contributed by atoms with Gasteiger partial charge in [0.15, 0.2) is 0 Å². The molecule has 0 aliphatic heterocycles. The summed E-state index contributed by atoms with van der Waals surface area (Å²) in [5.41, 5.74) is 2.41. The van der Waals surface area contributed by atoms with Crippen molar-refractivity contribution in [1.82, 2.24) is 15.1 Å². The summed E-state index contributed by atoms with van der Waals surface area (Å²) in [6, 6.07) is 15.7. The van der Waals surface area contributed by atoms with Gasteiger partial charge in [0.05, 0.1) is 10.6 Å². The second-order valence-corrected chi connectivity index (χ2v) is 7.11. The van der Waals surface area contributed by atoms with Crippen LogP contribution in [-0.4, -0.2) is 35.4 Å². The van der Waals surface area contributed by atoms with E-state index in [0.29, 0.717) is 26.2 Å². The van der Waals surface area contributed by atoms with Crippen molar-refractivity contribution in [2.45, 2.75) is 13.3 Å². The number of amides is 1. The van der Waals surface area contributed by atoms with Crippen LogP contribution in [0.5, 0.6) is 0 Å². The fraction of sp³-hybridized carbons (Fsp3) is 0.227. The molecule has 0 unspecified atom stereocenters. The molecule has 0 bridgehead atoms. The zero-order valence-corrected chi connectivity index (χ0v) is 17.0. The summed E-state index contributed by atoms with van der Waals surface area (Å²) in [5, 5.41) is 18.9. The lowest BCUT2D eigenvalue weighted by atomic mass is 10.1. The molecule has 0 fully saturated rings. The summed E-state index contributed by atoms with van der Waals surface area (Å²) in [6.07, 6.45) is 4.13. The van der Waals surface area contributed by atoms with Crippen LogP contribution in [0.1, 0.15) is 18.9 Å². The van der Waals surface area contributed by atoms with Crippen LogP contribution in [0, 0.1) is 11.3 Å². The van der Waals surface area contributed by atoms with Crippen LogP contribution in [-0.2, 0) is 9.53 Å². The minimum atomic E-state index is -0.395. The standard InChI is InChI=1S/C22H22N4O2S/c1-2-28-12-7-11-24-22(27)17(15-23)14-18-16-26(19-8-4-3-5-9-19)25-21(18)20-10-6-13-29-20/h3-6,8-10,13-14,16H,2,7,11-12H2,1H3,(H,24,27). The number of benzene rings is 1. The topological polar surface area (TPSA) is 79.9 Å². The van der Waals surface area contributed by atoms with Crippen LogP contribution in [0.15, 0.2) is 59.6 Å². The van der Waals surface area contributed by atoms with Gasteiger partial charge in [-0.2, -0.15) is 10.4 Å². The van der Waals surface area contributed by atoms with Gasteiger partial charge in [0.25, 0.3) is 5.91 Å². The van der Waals surface area contributed by atoms with E-state index in [0.717, 1.165) is 21.8 Å². The predicted molar refractivity (Wildman–Crippen MR) is 115 cm³/mol. The lowest BCUT2D eigenvalue weighted by Gasteiger charge is -2.04. The number of ether oxygens (including phenoxy) is 1. The van der Waals surface area contributed by atoms with Crippen molar-refractivity contribution < 1.29 is 9.53 Å². The maximum Gasteiger partial charge on any atom is 0.261 e. The van der Waals surface area contributed by atoms with E-state index < -0.39 is 5.91 Å². The smallest absolute Gasteiger partial charge is 0.261 e. The van der Waals surface area contributed by atoms with Crippen molar-refractivity contribution in [2.24, 2.45) is 0 Å². The van der Waals surface area contributed by atoms with Crippen molar-refractivity contribution in [3.8, 4) is 22.3 Å². The zero-order valence-electron chi connectivity index (χ0n) is 16.2. The van der Waals surface area contributed by atoms with Crippen LogP contribution in [0.3, 0.4) is 0 Å². The molecule has 0 aliphatic carbocycles. The van der Waals surface area contributed by atoms with E-state index in [1.807, 2.05) is 67.0 Å². The maximum atomic E-state index is 12.4. The fourth-order valence-corrected chi connectivity index (χ4v) is 3.46. The van der Waals surface area contributed by atoms with Gasteiger partial charge in [0, 0.05) is 31.5 Å². The monoisotopic (exact) mass is 406 g/mol. The number of nitriles is 1. The Bertz CT molecular complexity index is 1000. The molecular formula is C22H22N4O2S. The second-order valence-electron chi connectivity index (χ2n) is 6.17. The molecule has 6 nitrogen and oxygen atoms in total. The minimum absolute atomic E-state index is 0.0480. The molecule has 0 radical (unpaired) electrons. The molecule has 0 saturated heterocycles. The van der Waals surface area contributed by atoms with Gasteiger partial charge >= 0.3 is 0 Å². The fourth-order valence-electron chi connectivity index (χ4n) is 2.73. The number of aromatic nitrogens is 2. The predicted octanol–water partition coefficient (Wildman–Crippen LogP) is 4.05. The maximum absolute atomic E-state index is 12.4. The molecule has 7 heteroatoms. The Morgan fingerprint density at radius 3 is 2.83 bits per heavy atom. The van der Waals surface area contributed by atoms with Gasteiger partial charge in [-0.3, -0.25) is 4.79 Å². The molecule has 0 aliphatic rings. The highest BCUT2D eigenvalue weighted by Crippen LogP contribution is 2.29. The summed E-state index contributed by atoms with van der Waals surface area (Å²) in [6.45, 7) is 3.61. The van der Waals surface area contributed by atoms with E-state index in [1.165, 1.54) is 0 Å². The molecule has 1 N–H and O–H groups in total. The third kappa shape index (κ3) is 5.41. The highest BCUT2D eigenvalue weighted by molar-refractivity contribution is 7.13. The Balaban J connectivity index is 1.86. The van der Waals surface area contributed by atoms with Gasteiger partial charge in [-0.25, -0.2) is 4.68 Å². The lowest BCUT2D eigenvalue weighted by Crippen LogP contribution is -2.26. The Morgan fingerprint density at radius 2 is 2.14 bits per heavy atom. The minimum Gasteiger partial charge on any atom is -0.382 e. The van der Waals surface area contributed by atoms with Gasteiger partial charge in [-0.05, 0) is 43.0 Å². The molecule has 3 rings (SSSR count). The van der Waals surface area contributed by atoms with Crippen molar-refractivity contribution in [1.29, 1.82) is 5.26 Å². The van der Waals surface area contributed by atoms with E-state index in [1.54, 1.807) is 22.1 Å². The molecule has 29 heavy (non-hydrogen) atoms. The first-order chi connectivity index (χ1) is 14.2. The van der Waals surface area contributed by atoms with Crippen LogP contribution in [0.25, 0.3) is 22.3 Å². The average molecular weight is 407 g/mol. The number of nitrogens with zero attached hydrogens (tertiary/aromatic N) is 3. The first-order valence-electron chi connectivity index (χ1n) is 9.39. The highest BCUT2D eigenvalue weighted by atomic mass is 32.1. The Hall–Kier alpha value is -3.21. The molecule has 2 heterocycles. The molecule has 0 spiro atoms. The summed E-state index contributed by atoms with van der Waals surface area (Å²) < 4.78 is 7.02. The van der Waals surface area contributed by atoms with Crippen LogP contribution in [0.4, 0.5) is 0 Å². The number of para-hydroxylation sites is 1. The molecule has 1 amide bonds. The van der Waals surface area contributed by atoms with Crippen molar-refractivity contribution in [3.05, 3.63) is 65.2 Å². The first-order valence-corrected chi connectivity index (χ1v) is 10.3. The largest absolute Gasteiger partial charge is 0.382 e. The summed E-state index contributed by atoms with van der Waals surface area (Å²) in [7, 11) is 0. The summed E-state index contributed by atoms with van der Waals surface area (Å²) >= 11 is 1.56. The molecule has 1 aromatic carbocycles. The molecule has 0 saturated carbocycles. The second kappa shape index (κ2) is 10.4. The molecular weight excluding hydrogens is 384 g/mol. The van der Waals surface area contributed by atoms with E-state index in [9.17, 15) is 10.1 Å². The third-order valence-electron chi connectivity index (χ3n) is 4.14.